The Hall–Kier alpha value is -2.44. The lowest BCUT2D eigenvalue weighted by Gasteiger charge is -2.34. The molecule has 6 nitrogen and oxygen atoms in total. The molecule has 3 rings (SSSR count). The van der Waals surface area contributed by atoms with E-state index in [0.29, 0.717) is 13.1 Å². The second kappa shape index (κ2) is 8.50. The third kappa shape index (κ3) is 4.46. The van der Waals surface area contributed by atoms with Crippen LogP contribution in [-0.2, 0) is 6.42 Å². The Kier molecular flexibility index (Phi) is 6.08. The molecule has 4 N–H and O–H groups in total. The molecule has 0 aliphatic carbocycles. The van der Waals surface area contributed by atoms with Crippen LogP contribution >= 0.6 is 0 Å². The predicted octanol–water partition coefficient (Wildman–Crippen LogP) is 1.38. The van der Waals surface area contributed by atoms with Crippen molar-refractivity contribution in [3.05, 3.63) is 47.5 Å². The third-order valence-electron chi connectivity index (χ3n) is 5.35. The number of aliphatic hydroxyl groups excluding tert-OH is 1. The van der Waals surface area contributed by atoms with Crippen molar-refractivity contribution >= 4 is 5.69 Å². The Morgan fingerprint density at radius 1 is 1.15 bits per heavy atom. The van der Waals surface area contributed by atoms with Gasteiger partial charge in [0.2, 0.25) is 0 Å². The van der Waals surface area contributed by atoms with Crippen molar-refractivity contribution in [2.24, 2.45) is 0 Å². The number of fused-ring (bicyclic) bond motifs is 1. The summed E-state index contributed by atoms with van der Waals surface area (Å²) in [6, 6.07) is 11.3. The van der Waals surface area contributed by atoms with E-state index >= 15 is 0 Å². The number of ether oxygens (including phenoxy) is 2. The number of anilines is 1. The van der Waals surface area contributed by atoms with Crippen LogP contribution in [0.1, 0.15) is 24.1 Å². The second-order valence-electron chi connectivity index (χ2n) is 7.07. The van der Waals surface area contributed by atoms with Crippen molar-refractivity contribution in [1.29, 1.82) is 0 Å². The predicted molar refractivity (Wildman–Crippen MR) is 105 cm³/mol. The van der Waals surface area contributed by atoms with Crippen molar-refractivity contribution in [2.75, 3.05) is 39.2 Å². The summed E-state index contributed by atoms with van der Waals surface area (Å²) in [5.41, 5.74) is 3.43. The first kappa shape index (κ1) is 19.3. The van der Waals surface area contributed by atoms with Gasteiger partial charge in [-0.05, 0) is 48.9 Å². The van der Waals surface area contributed by atoms with E-state index in [2.05, 4.69) is 24.4 Å². The Labute approximate surface area is 160 Å². The van der Waals surface area contributed by atoms with E-state index in [4.69, 9.17) is 9.47 Å². The van der Waals surface area contributed by atoms with E-state index in [0.717, 1.165) is 30.2 Å². The summed E-state index contributed by atoms with van der Waals surface area (Å²) in [4.78, 5) is 1.36. The fraction of sp³-hybridized carbons (Fsp3) is 0.429. The summed E-state index contributed by atoms with van der Waals surface area (Å²) >= 11 is 0. The zero-order valence-corrected chi connectivity index (χ0v) is 16.2. The zero-order chi connectivity index (χ0) is 19.4. The number of rotatable bonds is 7. The second-order valence-corrected chi connectivity index (χ2v) is 7.07. The van der Waals surface area contributed by atoms with Gasteiger partial charge < -0.3 is 29.9 Å². The van der Waals surface area contributed by atoms with Gasteiger partial charge in [-0.2, -0.15) is 0 Å². The minimum atomic E-state index is -0.460. The first-order chi connectivity index (χ1) is 13.0. The maximum Gasteiger partial charge on any atom is 0.161 e. The molecule has 2 aromatic rings. The number of nitrogens with one attached hydrogen (secondary N) is 2. The van der Waals surface area contributed by atoms with E-state index in [1.807, 2.05) is 0 Å². The highest BCUT2D eigenvalue weighted by Gasteiger charge is 2.30. The van der Waals surface area contributed by atoms with E-state index in [-0.39, 0.29) is 11.8 Å². The maximum absolute atomic E-state index is 10.5. The largest absolute Gasteiger partial charge is 0.508 e. The summed E-state index contributed by atoms with van der Waals surface area (Å²) in [6.45, 7) is 4.30. The molecule has 0 amide bonds. The molecule has 1 aliphatic heterocycles. The molecule has 1 aliphatic rings. The monoisotopic (exact) mass is 373 g/mol. The standard InChI is InChI=1S/C21H28N2O4/c1-14-19-11-21(27-3)20(26-2)10-15(19)8-9-23(14)13-18(25)12-22-16-4-6-17(24)7-5-16/h4-7,10-11,14,18,22,24-25H,8-9,12-13H2,1-3H3/p+1/t14-,18-/m0/s1. The number of methoxy groups -OCH3 is 2. The van der Waals surface area contributed by atoms with Gasteiger partial charge in [-0.3, -0.25) is 0 Å². The van der Waals surface area contributed by atoms with Gasteiger partial charge in [-0.1, -0.05) is 0 Å². The summed E-state index contributed by atoms with van der Waals surface area (Å²) in [7, 11) is 3.31. The number of aromatic hydroxyl groups is 1. The Bertz CT molecular complexity index is 764. The number of aliphatic hydroxyl groups is 1. The molecule has 0 bridgehead atoms. The highest BCUT2D eigenvalue weighted by Crippen LogP contribution is 2.33. The molecule has 6 heteroatoms. The van der Waals surface area contributed by atoms with Gasteiger partial charge in [0.25, 0.3) is 0 Å². The van der Waals surface area contributed by atoms with Gasteiger partial charge in [-0.25, -0.2) is 0 Å². The number of phenols is 1. The van der Waals surface area contributed by atoms with Crippen LogP contribution in [0.3, 0.4) is 0 Å². The molecule has 1 unspecified atom stereocenters. The van der Waals surface area contributed by atoms with Crippen molar-refractivity contribution in [3.8, 4) is 17.2 Å². The molecule has 27 heavy (non-hydrogen) atoms. The van der Waals surface area contributed by atoms with Crippen LogP contribution in [0.5, 0.6) is 17.2 Å². The third-order valence-corrected chi connectivity index (χ3v) is 5.35. The molecule has 0 spiro atoms. The molecule has 0 saturated carbocycles. The average Bonchev–Trinajstić information content (AvgIpc) is 2.69. The Morgan fingerprint density at radius 2 is 1.81 bits per heavy atom. The van der Waals surface area contributed by atoms with Crippen LogP contribution in [0.15, 0.2) is 36.4 Å². The van der Waals surface area contributed by atoms with Gasteiger partial charge in [0.1, 0.15) is 24.4 Å². The lowest BCUT2D eigenvalue weighted by atomic mass is 9.92. The molecule has 146 valence electrons. The van der Waals surface area contributed by atoms with Crippen LogP contribution < -0.4 is 19.7 Å². The van der Waals surface area contributed by atoms with Crippen molar-refractivity contribution < 1.29 is 24.6 Å². The number of benzene rings is 2. The number of hydrogen-bond donors (Lipinski definition) is 4. The topological polar surface area (TPSA) is 75.4 Å². The molecule has 0 radical (unpaired) electrons. The molecule has 3 atom stereocenters. The van der Waals surface area contributed by atoms with Gasteiger partial charge >= 0.3 is 0 Å². The molecule has 0 saturated heterocycles. The van der Waals surface area contributed by atoms with Crippen LogP contribution in [0.25, 0.3) is 0 Å². The molecule has 1 heterocycles. The molecular formula is C21H29N2O4+. The lowest BCUT2D eigenvalue weighted by molar-refractivity contribution is -0.934. The highest BCUT2D eigenvalue weighted by molar-refractivity contribution is 5.48. The summed E-state index contributed by atoms with van der Waals surface area (Å²) in [5.74, 6) is 1.75. The number of hydrogen-bond acceptors (Lipinski definition) is 5. The fourth-order valence-corrected chi connectivity index (χ4v) is 3.76. The van der Waals surface area contributed by atoms with Crippen LogP contribution in [-0.4, -0.2) is 50.2 Å². The quantitative estimate of drug-likeness (QED) is 0.552. The van der Waals surface area contributed by atoms with E-state index in [1.54, 1.807) is 38.5 Å². The zero-order valence-electron chi connectivity index (χ0n) is 16.2. The van der Waals surface area contributed by atoms with Gasteiger partial charge in [0, 0.05) is 24.2 Å². The van der Waals surface area contributed by atoms with Crippen LogP contribution in [0.4, 0.5) is 5.69 Å². The van der Waals surface area contributed by atoms with Crippen molar-refractivity contribution in [2.45, 2.75) is 25.5 Å². The molecular weight excluding hydrogens is 344 g/mol. The van der Waals surface area contributed by atoms with E-state index < -0.39 is 6.10 Å². The van der Waals surface area contributed by atoms with Crippen molar-refractivity contribution in [1.82, 2.24) is 0 Å². The van der Waals surface area contributed by atoms with E-state index in [9.17, 15) is 10.2 Å². The van der Waals surface area contributed by atoms with Gasteiger partial charge in [0.15, 0.2) is 11.5 Å². The number of quaternary nitrogens is 1. The van der Waals surface area contributed by atoms with Crippen LogP contribution in [0, 0.1) is 0 Å². The summed E-state index contributed by atoms with van der Waals surface area (Å²) in [5, 5.41) is 23.0. The fourth-order valence-electron chi connectivity index (χ4n) is 3.76. The SMILES string of the molecule is COc1cc2c(cc1OC)[C@H](C)[NH+](C[C@@H](O)CNc1ccc(O)cc1)CC2. The van der Waals surface area contributed by atoms with Gasteiger partial charge in [-0.15, -0.1) is 0 Å². The minimum absolute atomic E-state index is 0.235. The first-order valence-corrected chi connectivity index (χ1v) is 9.32. The Balaban J connectivity index is 1.62. The van der Waals surface area contributed by atoms with Crippen molar-refractivity contribution in [3.63, 3.8) is 0 Å². The number of phenolic OH excluding ortho intramolecular Hbond substituents is 1. The summed E-state index contributed by atoms with van der Waals surface area (Å²) in [6.07, 6.45) is 0.492. The normalized spacial score (nSPS) is 19.9. The first-order valence-electron chi connectivity index (χ1n) is 9.32. The van der Waals surface area contributed by atoms with Crippen LogP contribution in [0.2, 0.25) is 0 Å². The molecule has 2 aromatic carbocycles. The Morgan fingerprint density at radius 3 is 2.48 bits per heavy atom. The smallest absolute Gasteiger partial charge is 0.161 e. The van der Waals surface area contributed by atoms with Gasteiger partial charge in [0.05, 0.1) is 20.8 Å². The maximum atomic E-state index is 10.5. The molecule has 0 fully saturated rings. The summed E-state index contributed by atoms with van der Waals surface area (Å²) < 4.78 is 10.9. The minimum Gasteiger partial charge on any atom is -0.508 e. The lowest BCUT2D eigenvalue weighted by Crippen LogP contribution is -3.14. The highest BCUT2D eigenvalue weighted by atomic mass is 16.5. The van der Waals surface area contributed by atoms with E-state index in [1.165, 1.54) is 16.0 Å². The average molecular weight is 373 g/mol. The molecule has 0 aromatic heterocycles.